The topological polar surface area (TPSA) is 76.2 Å². The van der Waals surface area contributed by atoms with Crippen LogP contribution in [-0.2, 0) is 9.53 Å². The molecule has 1 aromatic rings. The fourth-order valence-electron chi connectivity index (χ4n) is 3.07. The molecule has 142 valence electrons. The first-order valence-corrected chi connectivity index (χ1v) is 8.65. The van der Waals surface area contributed by atoms with E-state index >= 15 is 0 Å². The molecule has 0 N–H and O–H groups in total. The smallest absolute Gasteiger partial charge is 0.338 e. The molecule has 1 fully saturated rings. The molecule has 2 amide bonds. The van der Waals surface area contributed by atoms with Gasteiger partial charge in [-0.25, -0.2) is 4.79 Å². The Labute approximate surface area is 153 Å². The quantitative estimate of drug-likeness (QED) is 0.747. The number of esters is 1. The molecular formula is C19H26N2O5. The summed E-state index contributed by atoms with van der Waals surface area (Å²) < 4.78 is 9.91. The van der Waals surface area contributed by atoms with Crippen molar-refractivity contribution in [3.8, 4) is 5.75 Å². The SMILES string of the molecule is COC(=O)c1cc(OC)cc(C(=O)N2CCN(CC(C)C)C(=O)[C@@H]2C)c1. The van der Waals surface area contributed by atoms with Crippen molar-refractivity contribution in [2.75, 3.05) is 33.9 Å². The van der Waals surface area contributed by atoms with Gasteiger partial charge < -0.3 is 19.3 Å². The number of hydrogen-bond acceptors (Lipinski definition) is 5. The van der Waals surface area contributed by atoms with E-state index in [1.165, 1.54) is 31.3 Å². The fourth-order valence-corrected chi connectivity index (χ4v) is 3.07. The minimum atomic E-state index is -0.553. The van der Waals surface area contributed by atoms with Crippen molar-refractivity contribution >= 4 is 17.8 Å². The molecule has 0 bridgehead atoms. The number of carbonyl (C=O) groups excluding carboxylic acids is 3. The van der Waals surface area contributed by atoms with Crippen LogP contribution in [0.1, 0.15) is 41.5 Å². The lowest BCUT2D eigenvalue weighted by Crippen LogP contribution is -2.58. The molecule has 0 aliphatic carbocycles. The van der Waals surface area contributed by atoms with Crippen LogP contribution in [0.5, 0.6) is 5.75 Å². The van der Waals surface area contributed by atoms with Crippen LogP contribution in [0.4, 0.5) is 0 Å². The second kappa shape index (κ2) is 8.21. The third kappa shape index (κ3) is 4.15. The van der Waals surface area contributed by atoms with Gasteiger partial charge in [0.15, 0.2) is 0 Å². The Morgan fingerprint density at radius 1 is 1.15 bits per heavy atom. The van der Waals surface area contributed by atoms with E-state index in [0.29, 0.717) is 36.9 Å². The Hall–Kier alpha value is -2.57. The number of rotatable bonds is 5. The van der Waals surface area contributed by atoms with Crippen molar-refractivity contribution < 1.29 is 23.9 Å². The molecule has 1 aliphatic rings. The molecule has 0 spiro atoms. The number of piperazine rings is 1. The molecule has 7 nitrogen and oxygen atoms in total. The molecule has 26 heavy (non-hydrogen) atoms. The number of amides is 2. The van der Waals surface area contributed by atoms with Crippen molar-refractivity contribution in [2.24, 2.45) is 5.92 Å². The van der Waals surface area contributed by atoms with Crippen LogP contribution >= 0.6 is 0 Å². The van der Waals surface area contributed by atoms with Crippen molar-refractivity contribution in [1.29, 1.82) is 0 Å². The maximum Gasteiger partial charge on any atom is 0.338 e. The molecule has 0 aromatic heterocycles. The first-order valence-electron chi connectivity index (χ1n) is 8.65. The maximum atomic E-state index is 13.0. The molecule has 1 aliphatic heterocycles. The van der Waals surface area contributed by atoms with E-state index in [2.05, 4.69) is 13.8 Å². The first-order chi connectivity index (χ1) is 12.3. The van der Waals surface area contributed by atoms with E-state index in [4.69, 9.17) is 9.47 Å². The summed E-state index contributed by atoms with van der Waals surface area (Å²) in [5, 5.41) is 0. The van der Waals surface area contributed by atoms with Gasteiger partial charge in [0.2, 0.25) is 5.91 Å². The second-order valence-corrected chi connectivity index (χ2v) is 6.79. The summed E-state index contributed by atoms with van der Waals surface area (Å²) >= 11 is 0. The van der Waals surface area contributed by atoms with Gasteiger partial charge in [-0.05, 0) is 31.0 Å². The second-order valence-electron chi connectivity index (χ2n) is 6.79. The Kier molecular flexibility index (Phi) is 6.23. The van der Waals surface area contributed by atoms with Crippen molar-refractivity contribution in [3.05, 3.63) is 29.3 Å². The van der Waals surface area contributed by atoms with Crippen LogP contribution in [0.2, 0.25) is 0 Å². The number of carbonyl (C=O) groups is 3. The summed E-state index contributed by atoms with van der Waals surface area (Å²) in [6.07, 6.45) is 0. The maximum absolute atomic E-state index is 13.0. The largest absolute Gasteiger partial charge is 0.497 e. The lowest BCUT2D eigenvalue weighted by atomic mass is 10.1. The summed E-state index contributed by atoms with van der Waals surface area (Å²) in [7, 11) is 2.74. The zero-order chi connectivity index (χ0) is 19.4. The van der Waals surface area contributed by atoms with Crippen LogP contribution in [0.3, 0.4) is 0 Å². The first kappa shape index (κ1) is 19.8. The standard InChI is InChI=1S/C19H26N2O5/c1-12(2)11-20-6-7-21(13(3)17(20)22)18(23)14-8-15(19(24)26-5)10-16(9-14)25-4/h8-10,12-13H,6-7,11H2,1-5H3/t13-/m0/s1. The van der Waals surface area contributed by atoms with Crippen molar-refractivity contribution in [3.63, 3.8) is 0 Å². The summed E-state index contributed by atoms with van der Waals surface area (Å²) in [6, 6.07) is 3.99. The van der Waals surface area contributed by atoms with E-state index in [-0.39, 0.29) is 17.4 Å². The van der Waals surface area contributed by atoms with Gasteiger partial charge in [-0.3, -0.25) is 9.59 Å². The normalized spacial score (nSPS) is 17.5. The molecule has 1 heterocycles. The summed E-state index contributed by atoms with van der Waals surface area (Å²) in [5.41, 5.74) is 0.523. The highest BCUT2D eigenvalue weighted by molar-refractivity contribution is 6.01. The van der Waals surface area contributed by atoms with Gasteiger partial charge in [0, 0.05) is 25.2 Å². The summed E-state index contributed by atoms with van der Waals surface area (Å²) in [6.45, 7) is 7.47. The monoisotopic (exact) mass is 362 g/mol. The van der Waals surface area contributed by atoms with Gasteiger partial charge in [-0.1, -0.05) is 13.8 Å². The van der Waals surface area contributed by atoms with Gasteiger partial charge in [0.05, 0.1) is 19.8 Å². The minimum absolute atomic E-state index is 0.0608. The predicted molar refractivity (Wildman–Crippen MR) is 96.3 cm³/mol. The Bertz CT molecular complexity index is 701. The average Bonchev–Trinajstić information content (AvgIpc) is 2.63. The Morgan fingerprint density at radius 3 is 2.38 bits per heavy atom. The Morgan fingerprint density at radius 2 is 1.81 bits per heavy atom. The van der Waals surface area contributed by atoms with Crippen molar-refractivity contribution in [1.82, 2.24) is 9.80 Å². The molecule has 0 unspecified atom stereocenters. The van der Waals surface area contributed by atoms with Gasteiger partial charge in [0.25, 0.3) is 5.91 Å². The number of ether oxygens (including phenoxy) is 2. The minimum Gasteiger partial charge on any atom is -0.497 e. The van der Waals surface area contributed by atoms with Gasteiger partial charge >= 0.3 is 5.97 Å². The van der Waals surface area contributed by atoms with Gasteiger partial charge in [-0.2, -0.15) is 0 Å². The fraction of sp³-hybridized carbons (Fsp3) is 0.526. The van der Waals surface area contributed by atoms with E-state index in [9.17, 15) is 14.4 Å². The third-order valence-corrected chi connectivity index (χ3v) is 4.40. The highest BCUT2D eigenvalue weighted by Gasteiger charge is 2.35. The van der Waals surface area contributed by atoms with E-state index in [0.717, 1.165) is 0 Å². The van der Waals surface area contributed by atoms with Crippen LogP contribution in [0.15, 0.2) is 18.2 Å². The van der Waals surface area contributed by atoms with E-state index in [1.807, 2.05) is 0 Å². The van der Waals surface area contributed by atoms with E-state index < -0.39 is 12.0 Å². The molecule has 7 heteroatoms. The molecule has 1 atom stereocenters. The van der Waals surface area contributed by atoms with E-state index in [1.54, 1.807) is 17.9 Å². The predicted octanol–water partition coefficient (Wildman–Crippen LogP) is 1.81. The van der Waals surface area contributed by atoms with Crippen LogP contribution in [0.25, 0.3) is 0 Å². The van der Waals surface area contributed by atoms with Crippen LogP contribution in [-0.4, -0.2) is 67.5 Å². The molecule has 0 saturated carbocycles. The Balaban J connectivity index is 2.26. The number of methoxy groups -OCH3 is 2. The number of benzene rings is 1. The number of nitrogens with zero attached hydrogens (tertiary/aromatic N) is 2. The van der Waals surface area contributed by atoms with Crippen molar-refractivity contribution in [2.45, 2.75) is 26.8 Å². The molecular weight excluding hydrogens is 336 g/mol. The average molecular weight is 362 g/mol. The molecule has 1 saturated heterocycles. The third-order valence-electron chi connectivity index (χ3n) is 4.40. The summed E-state index contributed by atoms with van der Waals surface area (Å²) in [4.78, 5) is 40.7. The van der Waals surface area contributed by atoms with Gasteiger partial charge in [0.1, 0.15) is 11.8 Å². The summed E-state index contributed by atoms with van der Waals surface area (Å²) in [5.74, 6) is -0.166. The lowest BCUT2D eigenvalue weighted by Gasteiger charge is -2.39. The highest BCUT2D eigenvalue weighted by atomic mass is 16.5. The van der Waals surface area contributed by atoms with Crippen LogP contribution < -0.4 is 4.74 Å². The van der Waals surface area contributed by atoms with Gasteiger partial charge in [-0.15, -0.1) is 0 Å². The number of hydrogen-bond donors (Lipinski definition) is 0. The molecule has 2 rings (SSSR count). The highest BCUT2D eigenvalue weighted by Crippen LogP contribution is 2.22. The zero-order valence-electron chi connectivity index (χ0n) is 15.9. The molecule has 1 aromatic carbocycles. The lowest BCUT2D eigenvalue weighted by molar-refractivity contribution is -0.140. The van der Waals surface area contributed by atoms with Crippen LogP contribution in [0, 0.1) is 5.92 Å². The molecule has 0 radical (unpaired) electrons. The zero-order valence-corrected chi connectivity index (χ0v) is 15.9.